The van der Waals surface area contributed by atoms with Crippen molar-refractivity contribution in [1.82, 2.24) is 24.4 Å². The van der Waals surface area contributed by atoms with Gasteiger partial charge in [-0.15, -0.1) is 0 Å². The number of ether oxygens (including phenoxy) is 1. The topological polar surface area (TPSA) is 83.3 Å². The zero-order chi connectivity index (χ0) is 24.4. The molecule has 0 radical (unpaired) electrons. The van der Waals surface area contributed by atoms with E-state index in [1.54, 1.807) is 18.0 Å². The maximum atomic E-state index is 13.3. The normalized spacial score (nSPS) is 18.7. The van der Waals surface area contributed by atoms with E-state index in [4.69, 9.17) is 21.4 Å². The lowest BCUT2D eigenvalue weighted by Gasteiger charge is -2.39. The molecule has 0 spiro atoms. The number of nitrogens with zero attached hydrogens (tertiary/aromatic N) is 6. The Morgan fingerprint density at radius 3 is 2.69 bits per heavy atom. The Hall–Kier alpha value is -3.33. The van der Waals surface area contributed by atoms with E-state index >= 15 is 0 Å². The summed E-state index contributed by atoms with van der Waals surface area (Å²) in [6, 6.07) is 9.66. The van der Waals surface area contributed by atoms with Crippen molar-refractivity contribution in [3.05, 3.63) is 47.7 Å². The van der Waals surface area contributed by atoms with Gasteiger partial charge < -0.3 is 19.4 Å². The van der Waals surface area contributed by atoms with Gasteiger partial charge in [0.05, 0.1) is 18.2 Å². The average molecular weight is 497 g/mol. The number of carbonyl (C=O) groups excluding carboxylic acids is 2. The van der Waals surface area contributed by atoms with Crippen LogP contribution in [0, 0.1) is 5.92 Å². The summed E-state index contributed by atoms with van der Waals surface area (Å²) in [5.74, 6) is 0.881. The Labute approximate surface area is 209 Å². The van der Waals surface area contributed by atoms with Crippen LogP contribution in [-0.2, 0) is 9.53 Å². The molecule has 2 aromatic heterocycles. The minimum absolute atomic E-state index is 0.102. The standard InChI is InChI=1S/C25H29ClN6O3/c1-2-35-25(34)30-13-11-29(12-14-30)24(33)19-6-4-9-31(17-19)23-22-16-21(28-32(22)10-8-27-23)18-5-3-7-20(26)15-18/h3,5,7-8,10,15-16,19H,2,4,6,9,11-14,17H2,1H3/t19-/m1/s1. The van der Waals surface area contributed by atoms with Crippen molar-refractivity contribution >= 4 is 34.9 Å². The fraction of sp³-hybridized carbons (Fsp3) is 0.440. The van der Waals surface area contributed by atoms with Crippen LogP contribution in [0.4, 0.5) is 10.6 Å². The molecule has 2 fully saturated rings. The molecule has 3 aromatic rings. The molecule has 0 N–H and O–H groups in total. The summed E-state index contributed by atoms with van der Waals surface area (Å²) < 4.78 is 6.92. The fourth-order valence-electron chi connectivity index (χ4n) is 4.89. The van der Waals surface area contributed by atoms with E-state index in [0.29, 0.717) is 44.4 Å². The van der Waals surface area contributed by atoms with Crippen molar-refractivity contribution in [3.8, 4) is 11.3 Å². The molecule has 2 amide bonds. The summed E-state index contributed by atoms with van der Waals surface area (Å²) in [5, 5.41) is 5.38. The first-order valence-corrected chi connectivity index (χ1v) is 12.5. The lowest BCUT2D eigenvalue weighted by atomic mass is 9.96. The molecule has 35 heavy (non-hydrogen) atoms. The smallest absolute Gasteiger partial charge is 0.409 e. The predicted molar refractivity (Wildman–Crippen MR) is 134 cm³/mol. The molecule has 2 aliphatic heterocycles. The zero-order valence-corrected chi connectivity index (χ0v) is 20.5. The molecule has 1 aromatic carbocycles. The number of anilines is 1. The van der Waals surface area contributed by atoms with Gasteiger partial charge in [-0.05, 0) is 38.0 Å². The van der Waals surface area contributed by atoms with Crippen LogP contribution in [0.5, 0.6) is 0 Å². The van der Waals surface area contributed by atoms with Crippen LogP contribution in [0.15, 0.2) is 42.7 Å². The molecule has 184 valence electrons. The van der Waals surface area contributed by atoms with Gasteiger partial charge in [0.25, 0.3) is 0 Å². The highest BCUT2D eigenvalue weighted by atomic mass is 35.5. The number of piperidine rings is 1. The number of hydrogen-bond acceptors (Lipinski definition) is 6. The van der Waals surface area contributed by atoms with Crippen LogP contribution in [-0.4, -0.2) is 82.3 Å². The third kappa shape index (κ3) is 4.91. The summed E-state index contributed by atoms with van der Waals surface area (Å²) in [4.78, 5) is 35.7. The molecular formula is C25H29ClN6O3. The van der Waals surface area contributed by atoms with Gasteiger partial charge in [-0.2, -0.15) is 5.10 Å². The highest BCUT2D eigenvalue weighted by Crippen LogP contribution is 2.30. The van der Waals surface area contributed by atoms with E-state index in [9.17, 15) is 9.59 Å². The summed E-state index contributed by atoms with van der Waals surface area (Å²) in [6.45, 7) is 5.68. The maximum absolute atomic E-state index is 13.3. The van der Waals surface area contributed by atoms with Gasteiger partial charge in [0, 0.05) is 62.2 Å². The van der Waals surface area contributed by atoms with Gasteiger partial charge in [0.2, 0.25) is 5.91 Å². The van der Waals surface area contributed by atoms with E-state index in [0.717, 1.165) is 42.0 Å². The Balaban J connectivity index is 1.30. The van der Waals surface area contributed by atoms with Gasteiger partial charge in [0.15, 0.2) is 5.82 Å². The maximum Gasteiger partial charge on any atom is 0.409 e. The number of fused-ring (bicyclic) bond motifs is 1. The van der Waals surface area contributed by atoms with Crippen molar-refractivity contribution < 1.29 is 14.3 Å². The van der Waals surface area contributed by atoms with Crippen molar-refractivity contribution in [1.29, 1.82) is 0 Å². The van der Waals surface area contributed by atoms with Crippen LogP contribution in [0.2, 0.25) is 5.02 Å². The number of benzene rings is 1. The summed E-state index contributed by atoms with van der Waals surface area (Å²) in [7, 11) is 0. The molecule has 0 saturated carbocycles. The quantitative estimate of drug-likeness (QED) is 0.549. The molecule has 0 bridgehead atoms. The minimum Gasteiger partial charge on any atom is -0.450 e. The third-order valence-electron chi connectivity index (χ3n) is 6.68. The van der Waals surface area contributed by atoms with Crippen molar-refractivity contribution in [3.63, 3.8) is 0 Å². The number of aromatic nitrogens is 3. The number of hydrogen-bond donors (Lipinski definition) is 0. The molecule has 0 unspecified atom stereocenters. The Morgan fingerprint density at radius 2 is 1.91 bits per heavy atom. The lowest BCUT2D eigenvalue weighted by Crippen LogP contribution is -2.53. The molecule has 5 rings (SSSR count). The van der Waals surface area contributed by atoms with Crippen LogP contribution < -0.4 is 4.90 Å². The van der Waals surface area contributed by atoms with E-state index in [2.05, 4.69) is 9.88 Å². The molecule has 4 heterocycles. The second kappa shape index (κ2) is 10.1. The fourth-order valence-corrected chi connectivity index (χ4v) is 5.08. The zero-order valence-electron chi connectivity index (χ0n) is 19.8. The van der Waals surface area contributed by atoms with Gasteiger partial charge >= 0.3 is 6.09 Å². The van der Waals surface area contributed by atoms with E-state index in [-0.39, 0.29) is 17.9 Å². The number of halogens is 1. The van der Waals surface area contributed by atoms with Gasteiger partial charge in [-0.25, -0.2) is 14.3 Å². The minimum atomic E-state index is -0.305. The van der Waals surface area contributed by atoms with Crippen molar-refractivity contribution in [2.75, 3.05) is 50.8 Å². The lowest BCUT2D eigenvalue weighted by molar-refractivity contribution is -0.137. The summed E-state index contributed by atoms with van der Waals surface area (Å²) >= 11 is 6.18. The van der Waals surface area contributed by atoms with E-state index < -0.39 is 0 Å². The molecule has 9 nitrogen and oxygen atoms in total. The number of piperazine rings is 1. The highest BCUT2D eigenvalue weighted by molar-refractivity contribution is 6.30. The molecular weight excluding hydrogens is 468 g/mol. The van der Waals surface area contributed by atoms with Gasteiger partial charge in [0.1, 0.15) is 5.52 Å². The Kier molecular flexibility index (Phi) is 6.77. The monoisotopic (exact) mass is 496 g/mol. The number of rotatable bonds is 4. The van der Waals surface area contributed by atoms with Crippen LogP contribution in [0.25, 0.3) is 16.8 Å². The molecule has 1 atom stereocenters. The average Bonchev–Trinajstić information content (AvgIpc) is 3.33. The molecule has 10 heteroatoms. The van der Waals surface area contributed by atoms with Crippen molar-refractivity contribution in [2.45, 2.75) is 19.8 Å². The van der Waals surface area contributed by atoms with Crippen LogP contribution in [0.1, 0.15) is 19.8 Å². The first-order chi connectivity index (χ1) is 17.0. The highest BCUT2D eigenvalue weighted by Gasteiger charge is 2.33. The molecule has 0 aliphatic carbocycles. The van der Waals surface area contributed by atoms with E-state index in [1.165, 1.54) is 0 Å². The summed E-state index contributed by atoms with van der Waals surface area (Å²) in [6.07, 6.45) is 5.04. The third-order valence-corrected chi connectivity index (χ3v) is 6.91. The molecule has 2 aliphatic rings. The second-order valence-corrected chi connectivity index (χ2v) is 9.35. The van der Waals surface area contributed by atoms with Crippen LogP contribution in [0.3, 0.4) is 0 Å². The first-order valence-electron chi connectivity index (χ1n) is 12.1. The Morgan fingerprint density at radius 1 is 1.11 bits per heavy atom. The number of carbonyl (C=O) groups is 2. The predicted octanol–water partition coefficient (Wildman–Crippen LogP) is 3.57. The molecule has 2 saturated heterocycles. The second-order valence-electron chi connectivity index (χ2n) is 8.92. The van der Waals surface area contributed by atoms with Gasteiger partial charge in [-0.3, -0.25) is 4.79 Å². The Bertz CT molecular complexity index is 1220. The SMILES string of the molecule is CCOC(=O)N1CCN(C(=O)[C@@H]2CCCN(c3nccn4nc(-c5cccc(Cl)c5)cc34)C2)CC1. The number of amides is 2. The first kappa shape index (κ1) is 23.4. The largest absolute Gasteiger partial charge is 0.450 e. The van der Waals surface area contributed by atoms with Crippen LogP contribution >= 0.6 is 11.6 Å². The van der Waals surface area contributed by atoms with E-state index in [1.807, 2.05) is 45.9 Å². The van der Waals surface area contributed by atoms with Gasteiger partial charge in [-0.1, -0.05) is 23.7 Å². The summed E-state index contributed by atoms with van der Waals surface area (Å²) in [5.41, 5.74) is 2.67. The van der Waals surface area contributed by atoms with Crippen molar-refractivity contribution in [2.24, 2.45) is 5.92 Å².